The van der Waals surface area contributed by atoms with Crippen molar-refractivity contribution >= 4 is 36.8 Å². The predicted octanol–water partition coefficient (Wildman–Crippen LogP) is 8.43. The summed E-state index contributed by atoms with van der Waals surface area (Å²) in [7, 11) is -3.87. The van der Waals surface area contributed by atoms with Gasteiger partial charge in [0.15, 0.2) is 10.6 Å². The van der Waals surface area contributed by atoms with Crippen molar-refractivity contribution in [3.63, 3.8) is 0 Å². The van der Waals surface area contributed by atoms with Gasteiger partial charge in [0, 0.05) is 0 Å². The lowest BCUT2D eigenvalue weighted by atomic mass is 9.81. The molecule has 0 aliphatic heterocycles. The summed E-state index contributed by atoms with van der Waals surface area (Å²) in [5, 5.41) is 2.92. The van der Waals surface area contributed by atoms with Crippen molar-refractivity contribution in [2.24, 2.45) is 0 Å². The van der Waals surface area contributed by atoms with Crippen LogP contribution in [0, 0.1) is 0 Å². The van der Waals surface area contributed by atoms with E-state index >= 15 is 0 Å². The first-order chi connectivity index (χ1) is 17.2. The Balaban J connectivity index is 2.19. The van der Waals surface area contributed by atoms with E-state index in [0.717, 1.165) is 32.9 Å². The average molecular weight is 549 g/mol. The Morgan fingerprint density at radius 3 is 0.868 bits per heavy atom. The van der Waals surface area contributed by atoms with Gasteiger partial charge in [0.05, 0.1) is 0 Å². The Bertz CT molecular complexity index is 1200. The second kappa shape index (κ2) is 10.4. The van der Waals surface area contributed by atoms with Crippen LogP contribution in [0.2, 0.25) is 0 Å². The molecule has 2 nitrogen and oxygen atoms in total. The molecule has 0 spiro atoms. The van der Waals surface area contributed by atoms with E-state index < -0.39 is 15.6 Å². The summed E-state index contributed by atoms with van der Waals surface area (Å²) in [4.78, 5) is 0. The Morgan fingerprint density at radius 2 is 0.658 bits per heavy atom. The van der Waals surface area contributed by atoms with Gasteiger partial charge in [-0.2, -0.15) is 0 Å². The third-order valence-corrected chi connectivity index (χ3v) is 10.4. The number of hydrogen-bond donors (Lipinski definition) is 0. The van der Waals surface area contributed by atoms with Crippen LogP contribution in [0.1, 0.15) is 105 Å². The molecule has 0 fully saturated rings. The molecule has 0 bridgehead atoms. The van der Waals surface area contributed by atoms with E-state index in [9.17, 15) is 9.13 Å². The standard InChI is InChI=1S/C34H46O2P2/c1-31(2,3)23-17-24(32(4,5)6)20-27(19-23)37(35)29-15-13-14-16-30(29)38(36)28-21-25(33(7,8)9)18-26(22-28)34(10,11)12/h13-22H,1-12H3/q+2. The number of rotatable bonds is 4. The lowest BCUT2D eigenvalue weighted by Crippen LogP contribution is -2.27. The van der Waals surface area contributed by atoms with Crippen LogP contribution in [0.3, 0.4) is 0 Å². The largest absolute Gasteiger partial charge is 0.420 e. The number of benzene rings is 3. The molecular formula is C34H46O2P2+2. The molecule has 0 saturated carbocycles. The third-order valence-electron chi connectivity index (χ3n) is 7.09. The van der Waals surface area contributed by atoms with Crippen LogP contribution in [0.15, 0.2) is 60.7 Å². The van der Waals surface area contributed by atoms with Crippen molar-refractivity contribution in [1.82, 2.24) is 0 Å². The van der Waals surface area contributed by atoms with Crippen LogP contribution in [0.5, 0.6) is 0 Å². The summed E-state index contributed by atoms with van der Waals surface area (Å²) in [6.45, 7) is 26.2. The molecule has 3 aromatic carbocycles. The fourth-order valence-electron chi connectivity index (χ4n) is 4.27. The molecule has 3 aromatic rings. The van der Waals surface area contributed by atoms with Gasteiger partial charge >= 0.3 is 15.6 Å². The molecule has 0 saturated heterocycles. The molecule has 0 aliphatic carbocycles. The summed E-state index contributed by atoms with van der Waals surface area (Å²) < 4.78 is 28.5. The van der Waals surface area contributed by atoms with Crippen molar-refractivity contribution in [3.8, 4) is 0 Å². The van der Waals surface area contributed by atoms with Gasteiger partial charge in [-0.1, -0.05) is 116 Å². The van der Waals surface area contributed by atoms with Gasteiger partial charge in [0.25, 0.3) is 0 Å². The van der Waals surface area contributed by atoms with Gasteiger partial charge in [-0.25, -0.2) is 0 Å². The molecule has 0 heterocycles. The Hall–Kier alpha value is -2.14. The van der Waals surface area contributed by atoms with Crippen LogP contribution in [-0.2, 0) is 30.8 Å². The molecule has 38 heavy (non-hydrogen) atoms. The smallest absolute Gasteiger partial charge is 0.0611 e. The summed E-state index contributed by atoms with van der Waals surface area (Å²) in [5.74, 6) is 0. The van der Waals surface area contributed by atoms with Crippen molar-refractivity contribution in [3.05, 3.63) is 82.9 Å². The quantitative estimate of drug-likeness (QED) is 0.307. The Morgan fingerprint density at radius 1 is 0.421 bits per heavy atom. The highest BCUT2D eigenvalue weighted by Crippen LogP contribution is 2.34. The van der Waals surface area contributed by atoms with Crippen LogP contribution >= 0.6 is 15.6 Å². The maximum absolute atomic E-state index is 14.2. The van der Waals surface area contributed by atoms with Crippen molar-refractivity contribution in [2.45, 2.75) is 105 Å². The minimum absolute atomic E-state index is 0.0758. The Kier molecular flexibility index (Phi) is 8.36. The average Bonchev–Trinajstić information content (AvgIpc) is 2.80. The third kappa shape index (κ3) is 6.89. The molecule has 0 amide bonds. The van der Waals surface area contributed by atoms with Crippen molar-refractivity contribution in [1.29, 1.82) is 0 Å². The molecule has 2 unspecified atom stereocenters. The fourth-order valence-corrected chi connectivity index (χ4v) is 7.41. The molecule has 2 atom stereocenters. The second-order valence-electron chi connectivity index (χ2n) is 14.6. The van der Waals surface area contributed by atoms with Gasteiger partial charge < -0.3 is 0 Å². The van der Waals surface area contributed by atoms with Crippen LogP contribution in [0.4, 0.5) is 0 Å². The molecular weight excluding hydrogens is 502 g/mol. The first-order valence-electron chi connectivity index (χ1n) is 13.6. The van der Waals surface area contributed by atoms with Gasteiger partial charge in [-0.15, -0.1) is 0 Å². The topological polar surface area (TPSA) is 34.1 Å². The van der Waals surface area contributed by atoms with Gasteiger partial charge in [-0.05, 0) is 80.3 Å². The predicted molar refractivity (Wildman–Crippen MR) is 168 cm³/mol. The van der Waals surface area contributed by atoms with E-state index in [1.54, 1.807) is 0 Å². The zero-order valence-electron chi connectivity index (χ0n) is 25.5. The zero-order valence-corrected chi connectivity index (χ0v) is 27.3. The van der Waals surface area contributed by atoms with Gasteiger partial charge in [-0.3, -0.25) is 0 Å². The molecule has 0 aliphatic rings. The Labute approximate surface area is 233 Å². The first kappa shape index (κ1) is 30.4. The van der Waals surface area contributed by atoms with E-state index in [1.165, 1.54) is 0 Å². The zero-order chi connectivity index (χ0) is 28.8. The SMILES string of the molecule is CC(C)(C)c1cc([P+](=O)c2ccccc2[P+](=O)c2cc(C(C)(C)C)cc(C(C)(C)C)c2)cc(C(C)(C)C)c1. The lowest BCUT2D eigenvalue weighted by molar-refractivity contribution is 0.568. The van der Waals surface area contributed by atoms with Gasteiger partial charge in [0.2, 0.25) is 10.6 Å². The van der Waals surface area contributed by atoms with E-state index in [0.29, 0.717) is 10.6 Å². The molecule has 3 rings (SSSR count). The van der Waals surface area contributed by atoms with Gasteiger partial charge in [0.1, 0.15) is 0 Å². The highest BCUT2D eigenvalue weighted by molar-refractivity contribution is 7.68. The minimum atomic E-state index is -1.94. The van der Waals surface area contributed by atoms with E-state index in [4.69, 9.17) is 0 Å². The van der Waals surface area contributed by atoms with E-state index in [2.05, 4.69) is 119 Å². The summed E-state index contributed by atoms with van der Waals surface area (Å²) in [6, 6.07) is 20.4. The van der Waals surface area contributed by atoms with Crippen LogP contribution in [0.25, 0.3) is 0 Å². The lowest BCUT2D eigenvalue weighted by Gasteiger charge is -2.24. The highest BCUT2D eigenvalue weighted by Gasteiger charge is 2.39. The second-order valence-corrected chi connectivity index (χ2v) is 17.8. The van der Waals surface area contributed by atoms with Crippen LogP contribution in [-0.4, -0.2) is 0 Å². The molecule has 0 radical (unpaired) electrons. The monoisotopic (exact) mass is 548 g/mol. The normalized spacial score (nSPS) is 13.9. The summed E-state index contributed by atoms with van der Waals surface area (Å²) in [6.07, 6.45) is 0. The number of hydrogen-bond acceptors (Lipinski definition) is 2. The fraction of sp³-hybridized carbons (Fsp3) is 0.471. The molecule has 0 aromatic heterocycles. The molecule has 202 valence electrons. The first-order valence-corrected chi connectivity index (χ1v) is 16.1. The maximum Gasteiger partial charge on any atom is 0.420 e. The van der Waals surface area contributed by atoms with Crippen LogP contribution < -0.4 is 21.2 Å². The summed E-state index contributed by atoms with van der Waals surface area (Å²) in [5.41, 5.74) is 4.36. The van der Waals surface area contributed by atoms with Crippen molar-refractivity contribution < 1.29 is 9.13 Å². The molecule has 4 heteroatoms. The minimum Gasteiger partial charge on any atom is -0.0611 e. The van der Waals surface area contributed by atoms with Crippen molar-refractivity contribution in [2.75, 3.05) is 0 Å². The van der Waals surface area contributed by atoms with E-state index in [-0.39, 0.29) is 21.7 Å². The summed E-state index contributed by atoms with van der Waals surface area (Å²) >= 11 is 0. The molecule has 0 N–H and O–H groups in total. The maximum atomic E-state index is 14.2. The highest BCUT2D eigenvalue weighted by atomic mass is 31.1. The van der Waals surface area contributed by atoms with E-state index in [1.807, 2.05) is 24.3 Å².